The lowest BCUT2D eigenvalue weighted by Crippen LogP contribution is -2.45. The minimum absolute atomic E-state index is 0.188. The molecule has 0 saturated carbocycles. The SMILES string of the molecule is Fc1cccc(-c2ccc(CN3CCNCC3c3ccncc3)s2)c1. The first-order valence-electron chi connectivity index (χ1n) is 8.49. The fourth-order valence-corrected chi connectivity index (χ4v) is 4.34. The van der Waals surface area contributed by atoms with Crippen molar-refractivity contribution >= 4 is 11.3 Å². The van der Waals surface area contributed by atoms with E-state index in [9.17, 15) is 4.39 Å². The van der Waals surface area contributed by atoms with Gasteiger partial charge in [-0.1, -0.05) is 12.1 Å². The van der Waals surface area contributed by atoms with Gasteiger partial charge in [-0.05, 0) is 47.5 Å². The molecule has 3 heterocycles. The highest BCUT2D eigenvalue weighted by Crippen LogP contribution is 2.31. The van der Waals surface area contributed by atoms with Crippen molar-refractivity contribution in [3.05, 3.63) is 77.2 Å². The number of hydrogen-bond acceptors (Lipinski definition) is 4. The summed E-state index contributed by atoms with van der Waals surface area (Å²) in [5, 5.41) is 3.49. The Morgan fingerprint density at radius 1 is 1.16 bits per heavy atom. The molecule has 1 N–H and O–H groups in total. The Hall–Kier alpha value is -2.08. The highest BCUT2D eigenvalue weighted by molar-refractivity contribution is 7.15. The number of aromatic nitrogens is 1. The number of nitrogens with zero attached hydrogens (tertiary/aromatic N) is 2. The number of hydrogen-bond donors (Lipinski definition) is 1. The van der Waals surface area contributed by atoms with Crippen LogP contribution in [0.2, 0.25) is 0 Å². The number of rotatable bonds is 4. The number of benzene rings is 1. The smallest absolute Gasteiger partial charge is 0.123 e. The minimum atomic E-state index is -0.188. The zero-order valence-electron chi connectivity index (χ0n) is 13.9. The zero-order chi connectivity index (χ0) is 17.1. The summed E-state index contributed by atoms with van der Waals surface area (Å²) < 4.78 is 13.5. The summed E-state index contributed by atoms with van der Waals surface area (Å²) in [4.78, 5) is 9.05. The van der Waals surface area contributed by atoms with E-state index in [-0.39, 0.29) is 5.82 Å². The van der Waals surface area contributed by atoms with Crippen LogP contribution in [0.3, 0.4) is 0 Å². The molecule has 3 aromatic rings. The molecule has 0 radical (unpaired) electrons. The number of halogens is 1. The van der Waals surface area contributed by atoms with Crippen LogP contribution in [0.4, 0.5) is 4.39 Å². The number of thiophene rings is 1. The Labute approximate surface area is 151 Å². The van der Waals surface area contributed by atoms with E-state index in [2.05, 4.69) is 39.5 Å². The lowest BCUT2D eigenvalue weighted by atomic mass is 10.0. The Morgan fingerprint density at radius 2 is 2.04 bits per heavy atom. The predicted octanol–water partition coefficient (Wildman–Crippen LogP) is 4.10. The van der Waals surface area contributed by atoms with Crippen molar-refractivity contribution < 1.29 is 4.39 Å². The second kappa shape index (κ2) is 7.44. The van der Waals surface area contributed by atoms with E-state index in [1.165, 1.54) is 16.5 Å². The second-order valence-electron chi connectivity index (χ2n) is 6.25. The van der Waals surface area contributed by atoms with Crippen LogP contribution in [-0.2, 0) is 6.54 Å². The predicted molar refractivity (Wildman–Crippen MR) is 100.0 cm³/mol. The van der Waals surface area contributed by atoms with E-state index in [4.69, 9.17) is 0 Å². The first kappa shape index (κ1) is 16.4. The second-order valence-corrected chi connectivity index (χ2v) is 7.42. The summed E-state index contributed by atoms with van der Waals surface area (Å²) >= 11 is 1.74. The van der Waals surface area contributed by atoms with E-state index in [0.717, 1.165) is 36.6 Å². The van der Waals surface area contributed by atoms with Crippen molar-refractivity contribution in [3.63, 3.8) is 0 Å². The number of piperazine rings is 1. The largest absolute Gasteiger partial charge is 0.314 e. The molecular formula is C20H20FN3S. The Balaban J connectivity index is 1.53. The van der Waals surface area contributed by atoms with Gasteiger partial charge in [0.1, 0.15) is 5.82 Å². The van der Waals surface area contributed by atoms with Gasteiger partial charge in [-0.15, -0.1) is 11.3 Å². The third-order valence-electron chi connectivity index (χ3n) is 4.57. The quantitative estimate of drug-likeness (QED) is 0.765. The molecule has 5 heteroatoms. The summed E-state index contributed by atoms with van der Waals surface area (Å²) in [7, 11) is 0. The van der Waals surface area contributed by atoms with Crippen molar-refractivity contribution in [2.75, 3.05) is 19.6 Å². The summed E-state index contributed by atoms with van der Waals surface area (Å²) in [5.41, 5.74) is 2.24. The molecule has 3 nitrogen and oxygen atoms in total. The van der Waals surface area contributed by atoms with Crippen LogP contribution >= 0.6 is 11.3 Å². The highest BCUT2D eigenvalue weighted by atomic mass is 32.1. The first-order valence-corrected chi connectivity index (χ1v) is 9.30. The van der Waals surface area contributed by atoms with E-state index in [1.54, 1.807) is 23.5 Å². The van der Waals surface area contributed by atoms with Crippen LogP contribution in [0.15, 0.2) is 60.9 Å². The fourth-order valence-electron chi connectivity index (χ4n) is 3.31. The van der Waals surface area contributed by atoms with Crippen molar-refractivity contribution in [1.82, 2.24) is 15.2 Å². The molecule has 1 unspecified atom stereocenters. The van der Waals surface area contributed by atoms with Gasteiger partial charge in [-0.3, -0.25) is 9.88 Å². The van der Waals surface area contributed by atoms with Crippen LogP contribution in [0, 0.1) is 5.82 Å². The molecule has 25 heavy (non-hydrogen) atoms. The lowest BCUT2D eigenvalue weighted by molar-refractivity contribution is 0.155. The topological polar surface area (TPSA) is 28.2 Å². The molecule has 0 spiro atoms. The van der Waals surface area contributed by atoms with Crippen molar-refractivity contribution in [2.45, 2.75) is 12.6 Å². The third kappa shape index (κ3) is 3.79. The molecule has 1 aliphatic rings. The van der Waals surface area contributed by atoms with Crippen LogP contribution in [-0.4, -0.2) is 29.5 Å². The first-order chi connectivity index (χ1) is 12.3. The van der Waals surface area contributed by atoms with E-state index in [1.807, 2.05) is 18.5 Å². The van der Waals surface area contributed by atoms with Gasteiger partial charge >= 0.3 is 0 Å². The summed E-state index contributed by atoms with van der Waals surface area (Å²) in [5.74, 6) is -0.188. The number of pyridine rings is 1. The molecule has 1 atom stereocenters. The standard InChI is InChI=1S/C20H20FN3S/c21-17-3-1-2-16(12-17)20-5-4-18(25-20)14-24-11-10-23-13-19(24)15-6-8-22-9-7-15/h1-9,12,19,23H,10-11,13-14H2. The van der Waals surface area contributed by atoms with E-state index < -0.39 is 0 Å². The maximum Gasteiger partial charge on any atom is 0.123 e. The molecule has 1 aromatic carbocycles. The monoisotopic (exact) mass is 353 g/mol. The maximum atomic E-state index is 13.5. The van der Waals surface area contributed by atoms with Gasteiger partial charge in [-0.2, -0.15) is 0 Å². The van der Waals surface area contributed by atoms with Gasteiger partial charge in [0.15, 0.2) is 0 Å². The maximum absolute atomic E-state index is 13.5. The highest BCUT2D eigenvalue weighted by Gasteiger charge is 2.24. The molecule has 0 aliphatic carbocycles. The Morgan fingerprint density at radius 3 is 2.88 bits per heavy atom. The molecule has 0 bridgehead atoms. The molecule has 1 saturated heterocycles. The van der Waals surface area contributed by atoms with Crippen LogP contribution in [0.25, 0.3) is 10.4 Å². The lowest BCUT2D eigenvalue weighted by Gasteiger charge is -2.36. The summed E-state index contributed by atoms with van der Waals surface area (Å²) in [6.45, 7) is 3.88. The normalized spacial score (nSPS) is 18.4. The molecule has 0 amide bonds. The average molecular weight is 353 g/mol. The van der Waals surface area contributed by atoms with E-state index >= 15 is 0 Å². The Bertz CT molecular complexity index is 834. The van der Waals surface area contributed by atoms with Crippen LogP contribution in [0.1, 0.15) is 16.5 Å². The molecule has 1 aliphatic heterocycles. The van der Waals surface area contributed by atoms with Crippen LogP contribution < -0.4 is 5.32 Å². The van der Waals surface area contributed by atoms with Gasteiger partial charge < -0.3 is 5.32 Å². The average Bonchev–Trinajstić information content (AvgIpc) is 3.12. The van der Waals surface area contributed by atoms with Gasteiger partial charge in [0.25, 0.3) is 0 Å². The van der Waals surface area contributed by atoms with Gasteiger partial charge in [0, 0.05) is 54.4 Å². The summed E-state index contributed by atoms with van der Waals surface area (Å²) in [6.07, 6.45) is 3.71. The molecule has 4 rings (SSSR count). The molecule has 1 fully saturated rings. The van der Waals surface area contributed by atoms with Crippen molar-refractivity contribution in [2.24, 2.45) is 0 Å². The molecule has 2 aromatic heterocycles. The van der Waals surface area contributed by atoms with Crippen LogP contribution in [0.5, 0.6) is 0 Å². The zero-order valence-corrected chi connectivity index (χ0v) is 14.7. The number of nitrogens with one attached hydrogen (secondary N) is 1. The summed E-state index contributed by atoms with van der Waals surface area (Å²) in [6, 6.07) is 15.6. The van der Waals surface area contributed by atoms with Gasteiger partial charge in [-0.25, -0.2) is 4.39 Å². The fraction of sp³-hybridized carbons (Fsp3) is 0.250. The van der Waals surface area contributed by atoms with E-state index in [0.29, 0.717) is 6.04 Å². The third-order valence-corrected chi connectivity index (χ3v) is 5.69. The van der Waals surface area contributed by atoms with Crippen molar-refractivity contribution in [1.29, 1.82) is 0 Å². The van der Waals surface area contributed by atoms with Gasteiger partial charge in [0.2, 0.25) is 0 Å². The Kier molecular flexibility index (Phi) is 4.88. The minimum Gasteiger partial charge on any atom is -0.314 e. The molecular weight excluding hydrogens is 333 g/mol. The van der Waals surface area contributed by atoms with Gasteiger partial charge in [0.05, 0.1) is 0 Å². The van der Waals surface area contributed by atoms with Crippen molar-refractivity contribution in [3.8, 4) is 10.4 Å². The molecule has 128 valence electrons.